The number of furan rings is 1. The first-order valence-electron chi connectivity index (χ1n) is 14.3. The highest BCUT2D eigenvalue weighted by molar-refractivity contribution is 7.07. The number of methoxy groups -OCH3 is 1. The van der Waals surface area contributed by atoms with Crippen molar-refractivity contribution >= 4 is 35.0 Å². The minimum atomic E-state index is -0.963. The zero-order valence-electron chi connectivity index (χ0n) is 25.7. The highest BCUT2D eigenvalue weighted by Crippen LogP contribution is 2.37. The Morgan fingerprint density at radius 3 is 2.60 bits per heavy atom. The lowest BCUT2D eigenvalue weighted by atomic mass is 9.95. The van der Waals surface area contributed by atoms with Crippen LogP contribution in [0.5, 0.6) is 17.2 Å². The van der Waals surface area contributed by atoms with Crippen molar-refractivity contribution in [2.24, 2.45) is 4.99 Å². The SMILES string of the molecule is CCOC(=O)C1=C(C)N=c2s/c(=C\c3ccc(-c4cc([N+](=O)[O-])ccc4O)o3)c(=O)n2[C@H]1c1ccc(OCC(=O)OC)c(OCC)c1. The molecule has 0 saturated heterocycles. The summed E-state index contributed by atoms with van der Waals surface area (Å²) >= 11 is 1.07. The van der Waals surface area contributed by atoms with E-state index in [-0.39, 0.29) is 69.9 Å². The fourth-order valence-electron chi connectivity index (χ4n) is 4.92. The van der Waals surface area contributed by atoms with E-state index in [1.165, 1.54) is 42.0 Å². The molecule has 1 atom stereocenters. The van der Waals surface area contributed by atoms with Crippen LogP contribution in [-0.2, 0) is 19.1 Å². The van der Waals surface area contributed by atoms with Gasteiger partial charge in [-0.05, 0) is 56.7 Å². The Morgan fingerprint density at radius 1 is 1.11 bits per heavy atom. The zero-order valence-corrected chi connectivity index (χ0v) is 26.5. The normalized spacial score (nSPS) is 14.3. The molecule has 244 valence electrons. The second-order valence-electron chi connectivity index (χ2n) is 9.97. The average molecular weight is 664 g/mol. The number of aromatic hydroxyl groups is 1. The number of hydrogen-bond acceptors (Lipinski definition) is 13. The van der Waals surface area contributed by atoms with E-state index in [9.17, 15) is 29.6 Å². The van der Waals surface area contributed by atoms with E-state index < -0.39 is 28.5 Å². The Bertz CT molecular complexity index is 2090. The molecule has 0 radical (unpaired) electrons. The number of nitro groups is 1. The number of fused-ring (bicyclic) bond motifs is 1. The Hall–Kier alpha value is -5.70. The molecule has 1 aliphatic rings. The number of ether oxygens (including phenoxy) is 4. The van der Waals surface area contributed by atoms with Crippen molar-refractivity contribution in [2.75, 3.05) is 26.9 Å². The predicted molar refractivity (Wildman–Crippen MR) is 168 cm³/mol. The number of phenols is 1. The van der Waals surface area contributed by atoms with Crippen LogP contribution in [0.1, 0.15) is 38.1 Å². The summed E-state index contributed by atoms with van der Waals surface area (Å²) in [6.45, 7) is 5.10. The molecule has 14 nitrogen and oxygen atoms in total. The molecular weight excluding hydrogens is 634 g/mol. The van der Waals surface area contributed by atoms with Gasteiger partial charge in [-0.15, -0.1) is 0 Å². The number of allylic oxidation sites excluding steroid dienone is 1. The van der Waals surface area contributed by atoms with Crippen LogP contribution in [0.2, 0.25) is 0 Å². The topological polar surface area (TPSA) is 182 Å². The van der Waals surface area contributed by atoms with E-state index in [0.29, 0.717) is 16.1 Å². The van der Waals surface area contributed by atoms with Crippen molar-refractivity contribution in [1.82, 2.24) is 4.57 Å². The van der Waals surface area contributed by atoms with Gasteiger partial charge >= 0.3 is 11.9 Å². The van der Waals surface area contributed by atoms with E-state index in [1.807, 2.05) is 0 Å². The molecule has 2 aromatic carbocycles. The molecular formula is C32H29N3O11S. The number of carbonyl (C=O) groups excluding carboxylic acids is 2. The number of thiazole rings is 1. The second kappa shape index (κ2) is 13.7. The van der Waals surface area contributed by atoms with Crippen LogP contribution in [0, 0.1) is 10.1 Å². The number of hydrogen-bond donors (Lipinski definition) is 1. The van der Waals surface area contributed by atoms with E-state index in [0.717, 1.165) is 11.3 Å². The van der Waals surface area contributed by atoms with Gasteiger partial charge in [-0.1, -0.05) is 17.4 Å². The molecule has 1 aliphatic heterocycles. The van der Waals surface area contributed by atoms with E-state index >= 15 is 0 Å². The van der Waals surface area contributed by atoms with Crippen molar-refractivity contribution in [3.8, 4) is 28.6 Å². The molecule has 0 aliphatic carbocycles. The van der Waals surface area contributed by atoms with Gasteiger partial charge in [0.05, 0.1) is 52.7 Å². The zero-order chi connectivity index (χ0) is 33.8. The molecule has 0 amide bonds. The number of esters is 2. The van der Waals surface area contributed by atoms with Crippen molar-refractivity contribution < 1.29 is 43.0 Å². The first-order chi connectivity index (χ1) is 22.6. The molecule has 0 unspecified atom stereocenters. The summed E-state index contributed by atoms with van der Waals surface area (Å²) in [5.41, 5.74) is 0.398. The van der Waals surface area contributed by atoms with Crippen molar-refractivity contribution in [1.29, 1.82) is 0 Å². The minimum Gasteiger partial charge on any atom is -0.507 e. The Balaban J connectivity index is 1.62. The van der Waals surface area contributed by atoms with Gasteiger partial charge in [-0.25, -0.2) is 14.6 Å². The third kappa shape index (κ3) is 6.65. The number of nitrogens with zero attached hydrogens (tertiary/aromatic N) is 3. The highest BCUT2D eigenvalue weighted by atomic mass is 32.1. The molecule has 15 heteroatoms. The van der Waals surface area contributed by atoms with Gasteiger partial charge in [0.2, 0.25) is 0 Å². The first-order valence-corrected chi connectivity index (χ1v) is 15.1. The maximum atomic E-state index is 14.0. The van der Waals surface area contributed by atoms with Gasteiger partial charge in [0, 0.05) is 18.2 Å². The molecule has 3 heterocycles. The lowest BCUT2D eigenvalue weighted by molar-refractivity contribution is -0.384. The second-order valence-corrected chi connectivity index (χ2v) is 11.0. The third-order valence-corrected chi connectivity index (χ3v) is 8.01. The van der Waals surface area contributed by atoms with Crippen molar-refractivity contribution in [3.05, 3.63) is 101 Å². The van der Waals surface area contributed by atoms with Crippen LogP contribution in [0.4, 0.5) is 5.69 Å². The van der Waals surface area contributed by atoms with Crippen LogP contribution >= 0.6 is 11.3 Å². The summed E-state index contributed by atoms with van der Waals surface area (Å²) in [5, 5.41) is 21.5. The predicted octanol–water partition coefficient (Wildman–Crippen LogP) is 3.62. The molecule has 0 bridgehead atoms. The number of carbonyl (C=O) groups is 2. The summed E-state index contributed by atoms with van der Waals surface area (Å²) in [4.78, 5) is 54.5. The molecule has 0 spiro atoms. The molecule has 47 heavy (non-hydrogen) atoms. The van der Waals surface area contributed by atoms with Gasteiger partial charge in [0.25, 0.3) is 11.2 Å². The average Bonchev–Trinajstić information content (AvgIpc) is 3.63. The summed E-state index contributed by atoms with van der Waals surface area (Å²) < 4.78 is 28.8. The van der Waals surface area contributed by atoms with E-state index in [2.05, 4.69) is 9.73 Å². The summed E-state index contributed by atoms with van der Waals surface area (Å²) in [7, 11) is 1.24. The van der Waals surface area contributed by atoms with Gasteiger partial charge in [-0.2, -0.15) is 0 Å². The van der Waals surface area contributed by atoms with Crippen molar-refractivity contribution in [2.45, 2.75) is 26.8 Å². The number of phenolic OH excluding ortho intramolecular Hbond substituents is 1. The Morgan fingerprint density at radius 2 is 1.89 bits per heavy atom. The van der Waals surface area contributed by atoms with Crippen LogP contribution in [0.15, 0.2) is 74.0 Å². The molecule has 1 N–H and O–H groups in total. The first kappa shape index (κ1) is 32.7. The number of rotatable bonds is 11. The maximum absolute atomic E-state index is 14.0. The van der Waals surface area contributed by atoms with Gasteiger partial charge in [0.1, 0.15) is 17.3 Å². The summed E-state index contributed by atoms with van der Waals surface area (Å²) in [6.07, 6.45) is 1.48. The maximum Gasteiger partial charge on any atom is 0.343 e. The van der Waals surface area contributed by atoms with Gasteiger partial charge < -0.3 is 28.5 Å². The molecule has 5 rings (SSSR count). The lowest BCUT2D eigenvalue weighted by Crippen LogP contribution is -2.40. The van der Waals surface area contributed by atoms with Crippen LogP contribution in [0.3, 0.4) is 0 Å². The van der Waals surface area contributed by atoms with Crippen LogP contribution in [-0.4, -0.2) is 53.5 Å². The molecule has 0 saturated carbocycles. The van der Waals surface area contributed by atoms with E-state index in [4.69, 9.17) is 18.6 Å². The largest absolute Gasteiger partial charge is 0.507 e. The quantitative estimate of drug-likeness (QED) is 0.141. The Labute approximate surface area is 270 Å². The molecule has 4 aromatic rings. The monoisotopic (exact) mass is 663 g/mol. The number of non-ortho nitro benzene ring substituents is 1. The van der Waals surface area contributed by atoms with Gasteiger partial charge in [0.15, 0.2) is 22.9 Å². The molecule has 2 aromatic heterocycles. The molecule has 0 fully saturated rings. The smallest absolute Gasteiger partial charge is 0.343 e. The Kier molecular flexibility index (Phi) is 9.56. The number of aromatic nitrogens is 1. The minimum absolute atomic E-state index is 0.0954. The standard InChI is InChI=1S/C32H29N3O11S/c1-5-43-25-13-18(7-11-24(25)45-16-27(37)42-4)29-28(31(39)44-6-2)17(3)33-32-34(29)30(38)26(47-32)15-20-9-12-23(46-20)21-14-19(35(40)41)8-10-22(21)36/h7-15,29,36H,5-6,16H2,1-4H3/b26-15-/t29-/m0/s1. The fraction of sp³-hybridized carbons (Fsp3) is 0.250. The fourth-order valence-corrected chi connectivity index (χ4v) is 5.95. The van der Waals surface area contributed by atoms with Gasteiger partial charge in [-0.3, -0.25) is 19.5 Å². The summed E-state index contributed by atoms with van der Waals surface area (Å²) in [6, 6.07) is 10.5. The number of benzene rings is 2. The highest BCUT2D eigenvalue weighted by Gasteiger charge is 2.34. The van der Waals surface area contributed by atoms with Crippen molar-refractivity contribution in [3.63, 3.8) is 0 Å². The van der Waals surface area contributed by atoms with Crippen LogP contribution in [0.25, 0.3) is 17.4 Å². The van der Waals surface area contributed by atoms with Crippen LogP contribution < -0.4 is 24.4 Å². The van der Waals surface area contributed by atoms with E-state index in [1.54, 1.807) is 45.0 Å². The summed E-state index contributed by atoms with van der Waals surface area (Å²) in [5.74, 6) is -0.522. The number of nitro benzene ring substituents is 1. The lowest BCUT2D eigenvalue weighted by Gasteiger charge is -2.25. The third-order valence-electron chi connectivity index (χ3n) is 7.03.